The molecule has 0 radical (unpaired) electrons. The molecule has 6 rings (SSSR count). The Morgan fingerprint density at radius 3 is 1.67 bits per heavy atom. The van der Waals surface area contributed by atoms with Crippen molar-refractivity contribution in [3.8, 4) is 11.5 Å². The zero-order chi connectivity index (χ0) is 38.5. The van der Waals surface area contributed by atoms with Gasteiger partial charge in [0, 0.05) is 18.9 Å². The number of thioether (sulfide) groups is 2. The van der Waals surface area contributed by atoms with Crippen molar-refractivity contribution in [2.24, 2.45) is 0 Å². The van der Waals surface area contributed by atoms with E-state index in [1.54, 1.807) is 68.7 Å². The number of aliphatic hydroxyl groups is 2. The summed E-state index contributed by atoms with van der Waals surface area (Å²) < 4.78 is 9.72. The molecular formula is C40H42N4O8S2. The maximum absolute atomic E-state index is 13.5. The van der Waals surface area contributed by atoms with Crippen molar-refractivity contribution in [1.29, 1.82) is 0 Å². The van der Waals surface area contributed by atoms with Crippen LogP contribution in [0, 0.1) is 0 Å². The molecule has 2 aromatic heterocycles. The largest absolute Gasteiger partial charge is 0.490 e. The van der Waals surface area contributed by atoms with Crippen LogP contribution in [0.1, 0.15) is 66.6 Å². The highest BCUT2D eigenvalue weighted by Gasteiger charge is 2.49. The van der Waals surface area contributed by atoms with Crippen LogP contribution in [0.3, 0.4) is 0 Å². The van der Waals surface area contributed by atoms with E-state index in [9.17, 15) is 29.4 Å². The van der Waals surface area contributed by atoms with E-state index < -0.39 is 21.7 Å². The molecule has 4 atom stereocenters. The third kappa shape index (κ3) is 9.30. The second-order valence-corrected chi connectivity index (χ2v) is 16.6. The number of pyridine rings is 2. The number of benzene rings is 2. The van der Waals surface area contributed by atoms with Gasteiger partial charge in [0.05, 0.1) is 11.4 Å². The van der Waals surface area contributed by atoms with Crippen molar-refractivity contribution in [2.75, 3.05) is 19.8 Å². The van der Waals surface area contributed by atoms with Gasteiger partial charge < -0.3 is 19.7 Å². The first-order chi connectivity index (χ1) is 25.8. The molecule has 4 heterocycles. The number of nitrogens with zero attached hydrogens (tertiary/aromatic N) is 3. The fourth-order valence-corrected chi connectivity index (χ4v) is 8.19. The molecule has 2 aromatic carbocycles. The number of hydrogen-bond acceptors (Lipinski definition) is 12. The molecule has 2 aliphatic heterocycles. The number of ether oxygens (including phenoxy) is 2. The zero-order valence-corrected chi connectivity index (χ0v) is 31.8. The van der Waals surface area contributed by atoms with Gasteiger partial charge in [-0.05, 0) is 122 Å². The Hall–Kier alpha value is -4.76. The summed E-state index contributed by atoms with van der Waals surface area (Å²) in [6.07, 6.45) is 3.53. The fourth-order valence-electron chi connectivity index (χ4n) is 6.15. The van der Waals surface area contributed by atoms with Crippen LogP contribution in [0.4, 0.5) is 9.59 Å². The lowest BCUT2D eigenvalue weighted by Crippen LogP contribution is -2.39. The predicted octanol–water partition coefficient (Wildman–Crippen LogP) is 5.79. The van der Waals surface area contributed by atoms with Crippen molar-refractivity contribution in [3.05, 3.63) is 119 Å². The SMILES string of the molecule is CCc1ccc([C@@H](O)COc2ccc(CC3(C)SC(=O)N(CCc4ccc([C@H](O)COc5ccc(CC6(C)SC(=O)NC6=O)cc5)nc4)C3=O)cc2)nc1. The summed E-state index contributed by atoms with van der Waals surface area (Å²) in [5, 5.41) is 22.8. The van der Waals surface area contributed by atoms with Gasteiger partial charge in [-0.15, -0.1) is 0 Å². The maximum atomic E-state index is 13.5. The highest BCUT2D eigenvalue weighted by Crippen LogP contribution is 2.40. The molecule has 14 heteroatoms. The molecule has 3 N–H and O–H groups in total. The molecule has 2 saturated heterocycles. The van der Waals surface area contributed by atoms with E-state index in [1.807, 2.05) is 37.3 Å². The lowest BCUT2D eigenvalue weighted by Gasteiger charge is -2.21. The number of rotatable bonds is 16. The van der Waals surface area contributed by atoms with Crippen LogP contribution in [0.15, 0.2) is 85.2 Å². The summed E-state index contributed by atoms with van der Waals surface area (Å²) in [6, 6.07) is 21.7. The van der Waals surface area contributed by atoms with Crippen LogP contribution in [0.5, 0.6) is 11.5 Å². The topological polar surface area (TPSA) is 168 Å². The quantitative estimate of drug-likeness (QED) is 0.126. The van der Waals surface area contributed by atoms with E-state index in [0.29, 0.717) is 42.1 Å². The first kappa shape index (κ1) is 38.9. The van der Waals surface area contributed by atoms with Gasteiger partial charge in [0.2, 0.25) is 11.8 Å². The Morgan fingerprint density at radius 2 is 1.20 bits per heavy atom. The highest BCUT2D eigenvalue weighted by molar-refractivity contribution is 8.16. The Morgan fingerprint density at radius 1 is 0.704 bits per heavy atom. The van der Waals surface area contributed by atoms with E-state index in [2.05, 4.69) is 15.3 Å². The molecule has 12 nitrogen and oxygen atoms in total. The van der Waals surface area contributed by atoms with Gasteiger partial charge in [-0.1, -0.05) is 43.3 Å². The van der Waals surface area contributed by atoms with Gasteiger partial charge in [-0.2, -0.15) is 0 Å². The minimum absolute atomic E-state index is 0.0343. The second kappa shape index (κ2) is 16.7. The number of carbonyl (C=O) groups is 4. The van der Waals surface area contributed by atoms with Crippen molar-refractivity contribution in [2.45, 2.75) is 68.2 Å². The molecule has 54 heavy (non-hydrogen) atoms. The minimum atomic E-state index is -0.992. The lowest BCUT2D eigenvalue weighted by atomic mass is 9.98. The highest BCUT2D eigenvalue weighted by atomic mass is 32.2. The number of aryl methyl sites for hydroxylation is 1. The Balaban J connectivity index is 0.944. The van der Waals surface area contributed by atoms with Gasteiger partial charge in [-0.3, -0.25) is 39.4 Å². The number of carbonyl (C=O) groups excluding carboxylic acids is 4. The number of aliphatic hydroxyl groups excluding tert-OH is 2. The molecule has 0 saturated carbocycles. The predicted molar refractivity (Wildman–Crippen MR) is 205 cm³/mol. The summed E-state index contributed by atoms with van der Waals surface area (Å²) >= 11 is 2.01. The van der Waals surface area contributed by atoms with E-state index in [4.69, 9.17) is 9.47 Å². The van der Waals surface area contributed by atoms with E-state index >= 15 is 0 Å². The zero-order valence-electron chi connectivity index (χ0n) is 30.2. The third-order valence-electron chi connectivity index (χ3n) is 9.40. The van der Waals surface area contributed by atoms with Crippen molar-refractivity contribution in [3.63, 3.8) is 0 Å². The first-order valence-electron chi connectivity index (χ1n) is 17.6. The summed E-state index contributed by atoms with van der Waals surface area (Å²) in [6.45, 7) is 5.77. The number of nitrogens with one attached hydrogen (secondary N) is 1. The summed E-state index contributed by atoms with van der Waals surface area (Å²) in [5.41, 5.74) is 4.60. The van der Waals surface area contributed by atoms with E-state index in [-0.39, 0.29) is 42.1 Å². The Bertz CT molecular complexity index is 1980. The van der Waals surface area contributed by atoms with Crippen molar-refractivity contribution in [1.82, 2.24) is 20.2 Å². The van der Waals surface area contributed by atoms with Crippen molar-refractivity contribution >= 4 is 45.8 Å². The summed E-state index contributed by atoms with van der Waals surface area (Å²) in [7, 11) is 0. The van der Waals surface area contributed by atoms with Crippen LogP contribution in [0.25, 0.3) is 0 Å². The molecule has 0 aliphatic carbocycles. The van der Waals surface area contributed by atoms with Gasteiger partial charge in [0.15, 0.2) is 0 Å². The van der Waals surface area contributed by atoms with Crippen LogP contribution in [-0.2, 0) is 35.3 Å². The molecule has 0 spiro atoms. The molecule has 282 valence electrons. The van der Waals surface area contributed by atoms with Gasteiger partial charge in [0.1, 0.15) is 46.4 Å². The minimum Gasteiger partial charge on any atom is -0.490 e. The van der Waals surface area contributed by atoms with Crippen LogP contribution < -0.4 is 14.8 Å². The fraction of sp³-hybridized carbons (Fsp3) is 0.350. The number of hydrogen-bond donors (Lipinski definition) is 3. The van der Waals surface area contributed by atoms with Gasteiger partial charge in [0.25, 0.3) is 10.5 Å². The summed E-state index contributed by atoms with van der Waals surface area (Å²) in [4.78, 5) is 60.2. The maximum Gasteiger partial charge on any atom is 0.289 e. The Labute approximate surface area is 322 Å². The van der Waals surface area contributed by atoms with Crippen LogP contribution in [0.2, 0.25) is 0 Å². The Kier molecular flexibility index (Phi) is 12.1. The smallest absolute Gasteiger partial charge is 0.289 e. The molecule has 4 aromatic rings. The molecule has 2 fully saturated rings. The molecule has 2 aliphatic rings. The number of amides is 4. The normalized spacial score (nSPS) is 20.9. The van der Waals surface area contributed by atoms with Crippen molar-refractivity contribution < 1.29 is 38.9 Å². The lowest BCUT2D eigenvalue weighted by molar-refractivity contribution is -0.129. The molecule has 2 unspecified atom stereocenters. The summed E-state index contributed by atoms with van der Waals surface area (Å²) in [5.74, 6) is 0.556. The second-order valence-electron chi connectivity index (χ2n) is 13.7. The van der Waals surface area contributed by atoms with Crippen LogP contribution in [-0.4, -0.2) is 76.6 Å². The molecule has 4 amide bonds. The van der Waals surface area contributed by atoms with Crippen LogP contribution >= 0.6 is 23.5 Å². The number of aromatic nitrogens is 2. The van der Waals surface area contributed by atoms with Gasteiger partial charge >= 0.3 is 0 Å². The van der Waals surface area contributed by atoms with E-state index in [0.717, 1.165) is 52.2 Å². The monoisotopic (exact) mass is 770 g/mol. The average molecular weight is 771 g/mol. The number of imide groups is 2. The standard InChI is InChI=1S/C40H42N4O8S2/c1-4-25-9-15-31(41-21-25)33(45)23-51-30-13-7-27(8-14-30)20-40(3)36(48)44(38(50)54-40)18-17-28-10-16-32(42-22-28)34(46)24-52-29-11-5-26(6-12-29)19-39(2)35(47)43-37(49)53-39/h5-16,21-22,33-34,45-46H,4,17-20,23-24H2,1-3H3,(H,43,47,49)/t33-,34+,39?,40?/m0/s1. The third-order valence-corrected chi connectivity index (χ3v) is 11.6. The average Bonchev–Trinajstić information content (AvgIpc) is 3.55. The molecule has 0 bridgehead atoms. The van der Waals surface area contributed by atoms with E-state index in [1.165, 1.54) is 4.90 Å². The molecular weight excluding hydrogens is 729 g/mol. The first-order valence-corrected chi connectivity index (χ1v) is 19.3. The van der Waals surface area contributed by atoms with Gasteiger partial charge in [-0.25, -0.2) is 0 Å².